The van der Waals surface area contributed by atoms with Gasteiger partial charge in [0.2, 0.25) is 0 Å². The van der Waals surface area contributed by atoms with Gasteiger partial charge in [0.25, 0.3) is 0 Å². The van der Waals surface area contributed by atoms with E-state index in [4.69, 9.17) is 0 Å². The number of carbonyl (C=O) groups excluding carboxylic acids is 1. The lowest BCUT2D eigenvalue weighted by Gasteiger charge is -2.13. The Bertz CT molecular complexity index is 193. The molecule has 0 amide bonds. The minimum absolute atomic E-state index is 0.487. The highest BCUT2D eigenvalue weighted by atomic mass is 16.1. The molecule has 2 aliphatic carbocycles. The van der Waals surface area contributed by atoms with Crippen molar-refractivity contribution in [3.63, 3.8) is 0 Å². The van der Waals surface area contributed by atoms with Crippen LogP contribution in [0.3, 0.4) is 0 Å². The molecule has 1 nitrogen and oxygen atoms in total. The molecule has 0 heterocycles. The topological polar surface area (TPSA) is 17.1 Å². The van der Waals surface area contributed by atoms with Crippen LogP contribution in [0.15, 0.2) is 12.2 Å². The van der Waals surface area contributed by atoms with Crippen LogP contribution in [0, 0.1) is 11.8 Å². The summed E-state index contributed by atoms with van der Waals surface area (Å²) in [6, 6.07) is 0. The average molecular weight is 150 g/mol. The van der Waals surface area contributed by atoms with Gasteiger partial charge in [0.05, 0.1) is 0 Å². The summed E-state index contributed by atoms with van der Waals surface area (Å²) in [5, 5.41) is 0. The van der Waals surface area contributed by atoms with Gasteiger partial charge in [-0.05, 0) is 31.1 Å². The summed E-state index contributed by atoms with van der Waals surface area (Å²) in [5.41, 5.74) is 0. The van der Waals surface area contributed by atoms with E-state index < -0.39 is 0 Å². The Morgan fingerprint density at radius 3 is 3.27 bits per heavy atom. The normalized spacial score (nSPS) is 36.9. The molecule has 0 N–H and O–H groups in total. The molecule has 11 heavy (non-hydrogen) atoms. The number of rotatable bonds is 0. The maximum Gasteiger partial charge on any atom is 0.133 e. The fourth-order valence-corrected chi connectivity index (χ4v) is 2.26. The molecule has 1 fully saturated rings. The van der Waals surface area contributed by atoms with Crippen molar-refractivity contribution in [3.05, 3.63) is 12.2 Å². The van der Waals surface area contributed by atoms with Crippen LogP contribution < -0.4 is 0 Å². The van der Waals surface area contributed by atoms with Crippen LogP contribution in [0.25, 0.3) is 0 Å². The molecule has 0 unspecified atom stereocenters. The van der Waals surface area contributed by atoms with E-state index in [-0.39, 0.29) is 0 Å². The third kappa shape index (κ3) is 1.37. The molecule has 1 heteroatoms. The lowest BCUT2D eigenvalue weighted by Crippen LogP contribution is -2.08. The highest BCUT2D eigenvalue weighted by Crippen LogP contribution is 2.34. The first-order valence-electron chi connectivity index (χ1n) is 4.54. The number of fused-ring (bicyclic) bond motifs is 1. The fourth-order valence-electron chi connectivity index (χ4n) is 2.26. The maximum absolute atomic E-state index is 11.2. The standard InChI is InChI=1S/C10H14O/c11-10-6-2-4-8-3-1-5-9(8)7-10/h1,3,8-9H,2,4-7H2/t8-,9+/m1/s1. The van der Waals surface area contributed by atoms with E-state index >= 15 is 0 Å². The van der Waals surface area contributed by atoms with Crippen LogP contribution in [0.1, 0.15) is 32.1 Å². The highest BCUT2D eigenvalue weighted by Gasteiger charge is 2.27. The lowest BCUT2D eigenvalue weighted by molar-refractivity contribution is -0.119. The van der Waals surface area contributed by atoms with E-state index in [1.807, 2.05) is 0 Å². The SMILES string of the molecule is O=C1CCC[C@H]2C=CC[C@H]2C1. The molecular weight excluding hydrogens is 136 g/mol. The van der Waals surface area contributed by atoms with Crippen LogP contribution in [0.2, 0.25) is 0 Å². The summed E-state index contributed by atoms with van der Waals surface area (Å²) >= 11 is 0. The molecule has 0 aromatic carbocycles. The van der Waals surface area contributed by atoms with Gasteiger partial charge in [0.1, 0.15) is 5.78 Å². The van der Waals surface area contributed by atoms with Crippen molar-refractivity contribution in [2.24, 2.45) is 11.8 Å². The summed E-state index contributed by atoms with van der Waals surface area (Å²) in [6.07, 6.45) is 9.74. The van der Waals surface area contributed by atoms with Gasteiger partial charge in [0, 0.05) is 12.8 Å². The molecule has 0 radical (unpaired) electrons. The largest absolute Gasteiger partial charge is 0.300 e. The molecule has 0 spiro atoms. The number of hydrogen-bond acceptors (Lipinski definition) is 1. The average Bonchev–Trinajstić information content (AvgIpc) is 2.31. The Morgan fingerprint density at radius 2 is 2.36 bits per heavy atom. The van der Waals surface area contributed by atoms with Crippen molar-refractivity contribution in [1.29, 1.82) is 0 Å². The van der Waals surface area contributed by atoms with Gasteiger partial charge in [-0.25, -0.2) is 0 Å². The van der Waals surface area contributed by atoms with E-state index in [2.05, 4.69) is 12.2 Å². The number of carbonyl (C=O) groups is 1. The predicted octanol–water partition coefficient (Wildman–Crippen LogP) is 2.32. The number of hydrogen-bond donors (Lipinski definition) is 0. The van der Waals surface area contributed by atoms with Crippen molar-refractivity contribution in [2.45, 2.75) is 32.1 Å². The minimum atomic E-state index is 0.487. The van der Waals surface area contributed by atoms with Gasteiger partial charge in [0.15, 0.2) is 0 Å². The summed E-state index contributed by atoms with van der Waals surface area (Å²) < 4.78 is 0. The molecule has 0 aromatic heterocycles. The Labute approximate surface area is 67.5 Å². The molecule has 0 bridgehead atoms. The number of Topliss-reactive ketones (excluding diaryl/α,β-unsaturated/α-hetero) is 1. The maximum atomic E-state index is 11.2. The first-order valence-corrected chi connectivity index (χ1v) is 4.54. The number of ketones is 1. The molecule has 2 rings (SSSR count). The van der Waals surface area contributed by atoms with Crippen molar-refractivity contribution >= 4 is 5.78 Å². The smallest absolute Gasteiger partial charge is 0.133 e. The molecule has 0 saturated heterocycles. The van der Waals surface area contributed by atoms with E-state index in [0.29, 0.717) is 11.7 Å². The molecule has 0 aliphatic heterocycles. The summed E-state index contributed by atoms with van der Waals surface area (Å²) in [5.74, 6) is 1.90. The van der Waals surface area contributed by atoms with E-state index in [0.717, 1.165) is 31.6 Å². The second-order valence-corrected chi connectivity index (χ2v) is 3.72. The van der Waals surface area contributed by atoms with Crippen LogP contribution in [0.5, 0.6) is 0 Å². The van der Waals surface area contributed by atoms with Crippen LogP contribution >= 0.6 is 0 Å². The van der Waals surface area contributed by atoms with Gasteiger partial charge < -0.3 is 0 Å². The third-order valence-electron chi connectivity index (χ3n) is 2.91. The van der Waals surface area contributed by atoms with Crippen LogP contribution in [0.4, 0.5) is 0 Å². The molecule has 60 valence electrons. The highest BCUT2D eigenvalue weighted by molar-refractivity contribution is 5.79. The Morgan fingerprint density at radius 1 is 1.45 bits per heavy atom. The summed E-state index contributed by atoms with van der Waals surface area (Å²) in [4.78, 5) is 11.2. The molecule has 2 atom stereocenters. The molecule has 0 aromatic rings. The van der Waals surface area contributed by atoms with Gasteiger partial charge in [-0.15, -0.1) is 0 Å². The Kier molecular flexibility index (Phi) is 1.80. The van der Waals surface area contributed by atoms with E-state index in [9.17, 15) is 4.79 Å². The van der Waals surface area contributed by atoms with Gasteiger partial charge >= 0.3 is 0 Å². The minimum Gasteiger partial charge on any atom is -0.300 e. The van der Waals surface area contributed by atoms with Gasteiger partial charge in [-0.2, -0.15) is 0 Å². The van der Waals surface area contributed by atoms with E-state index in [1.165, 1.54) is 6.42 Å². The summed E-state index contributed by atoms with van der Waals surface area (Å²) in [6.45, 7) is 0. The zero-order valence-electron chi connectivity index (χ0n) is 6.75. The predicted molar refractivity (Wildman–Crippen MR) is 44.2 cm³/mol. The number of allylic oxidation sites excluding steroid dienone is 2. The second-order valence-electron chi connectivity index (χ2n) is 3.72. The molecular formula is C10H14O. The zero-order chi connectivity index (χ0) is 7.68. The van der Waals surface area contributed by atoms with Crippen molar-refractivity contribution < 1.29 is 4.79 Å². The fraction of sp³-hybridized carbons (Fsp3) is 0.700. The van der Waals surface area contributed by atoms with Crippen molar-refractivity contribution in [1.82, 2.24) is 0 Å². The third-order valence-corrected chi connectivity index (χ3v) is 2.91. The zero-order valence-corrected chi connectivity index (χ0v) is 6.75. The van der Waals surface area contributed by atoms with Crippen LogP contribution in [-0.2, 0) is 4.79 Å². The van der Waals surface area contributed by atoms with Crippen LogP contribution in [-0.4, -0.2) is 5.78 Å². The first kappa shape index (κ1) is 7.08. The Hall–Kier alpha value is -0.590. The first-order chi connectivity index (χ1) is 5.36. The summed E-state index contributed by atoms with van der Waals surface area (Å²) in [7, 11) is 0. The molecule has 2 aliphatic rings. The van der Waals surface area contributed by atoms with E-state index in [1.54, 1.807) is 0 Å². The van der Waals surface area contributed by atoms with Crippen molar-refractivity contribution in [3.8, 4) is 0 Å². The van der Waals surface area contributed by atoms with Gasteiger partial charge in [-0.1, -0.05) is 12.2 Å². The molecule has 1 saturated carbocycles. The van der Waals surface area contributed by atoms with Crippen molar-refractivity contribution in [2.75, 3.05) is 0 Å². The monoisotopic (exact) mass is 150 g/mol. The Balaban J connectivity index is 2.07. The van der Waals surface area contributed by atoms with Gasteiger partial charge in [-0.3, -0.25) is 4.79 Å². The quantitative estimate of drug-likeness (QED) is 0.484. The second kappa shape index (κ2) is 2.80. The lowest BCUT2D eigenvalue weighted by atomic mass is 9.91.